The second-order valence-corrected chi connectivity index (χ2v) is 5.39. The van der Waals surface area contributed by atoms with Gasteiger partial charge >= 0.3 is 0 Å². The number of aryl methyl sites for hydroxylation is 2. The summed E-state index contributed by atoms with van der Waals surface area (Å²) in [7, 11) is 0. The van der Waals surface area contributed by atoms with Crippen molar-refractivity contribution < 1.29 is 5.11 Å². The molecule has 0 atom stereocenters. The maximum atomic E-state index is 9.07. The minimum atomic E-state index is 0.0892. The highest BCUT2D eigenvalue weighted by Gasteiger charge is 2.11. The van der Waals surface area contributed by atoms with E-state index >= 15 is 0 Å². The molecule has 0 fully saturated rings. The zero-order chi connectivity index (χ0) is 13.8. The van der Waals surface area contributed by atoms with Crippen LogP contribution in [0.1, 0.15) is 28.9 Å². The van der Waals surface area contributed by atoms with Gasteiger partial charge in [-0.1, -0.05) is 6.92 Å². The van der Waals surface area contributed by atoms with Gasteiger partial charge in [-0.3, -0.25) is 0 Å². The first kappa shape index (κ1) is 14.0. The third kappa shape index (κ3) is 3.13. The Balaban J connectivity index is 2.09. The highest BCUT2D eigenvalue weighted by Crippen LogP contribution is 2.19. The summed E-state index contributed by atoms with van der Waals surface area (Å²) in [6, 6.07) is 0. The van der Waals surface area contributed by atoms with Crippen LogP contribution in [0.25, 0.3) is 0 Å². The Labute approximate surface area is 117 Å². The normalized spacial score (nSPS) is 10.9. The fourth-order valence-electron chi connectivity index (χ4n) is 1.92. The zero-order valence-electron chi connectivity index (χ0n) is 11.6. The number of aliphatic hydroxyl groups is 1. The molecule has 0 spiro atoms. The molecule has 19 heavy (non-hydrogen) atoms. The first-order chi connectivity index (χ1) is 9.15. The Morgan fingerprint density at radius 2 is 2.21 bits per heavy atom. The third-order valence-electron chi connectivity index (χ3n) is 3.08. The summed E-state index contributed by atoms with van der Waals surface area (Å²) >= 11 is 1.70. The van der Waals surface area contributed by atoms with Gasteiger partial charge in [0.25, 0.3) is 0 Å². The molecule has 0 radical (unpaired) electrons. The van der Waals surface area contributed by atoms with E-state index < -0.39 is 0 Å². The van der Waals surface area contributed by atoms with Gasteiger partial charge in [0.2, 0.25) is 0 Å². The molecular weight excluding hydrogens is 260 g/mol. The van der Waals surface area contributed by atoms with Gasteiger partial charge in [0, 0.05) is 10.9 Å². The van der Waals surface area contributed by atoms with Crippen LogP contribution in [-0.4, -0.2) is 26.5 Å². The van der Waals surface area contributed by atoms with Crippen LogP contribution in [-0.2, 0) is 19.5 Å². The summed E-state index contributed by atoms with van der Waals surface area (Å²) < 4.78 is 1.82. The van der Waals surface area contributed by atoms with Crippen LogP contribution in [0.2, 0.25) is 0 Å². The topological polar surface area (TPSA) is 63.0 Å². The van der Waals surface area contributed by atoms with E-state index in [9.17, 15) is 0 Å². The average molecular weight is 280 g/mol. The number of hydrogen-bond acceptors (Lipinski definition) is 5. The van der Waals surface area contributed by atoms with Gasteiger partial charge in [0.15, 0.2) is 0 Å². The monoisotopic (exact) mass is 280 g/mol. The fourth-order valence-corrected chi connectivity index (χ4v) is 2.66. The van der Waals surface area contributed by atoms with Crippen LogP contribution < -0.4 is 5.32 Å². The van der Waals surface area contributed by atoms with Gasteiger partial charge in [-0.2, -0.15) is 5.10 Å². The summed E-state index contributed by atoms with van der Waals surface area (Å²) in [5.41, 5.74) is 3.17. The van der Waals surface area contributed by atoms with E-state index in [4.69, 9.17) is 5.11 Å². The smallest absolute Gasteiger partial charge is 0.127 e. The Bertz CT molecular complexity index is 547. The number of nitrogens with one attached hydrogen (secondary N) is 1. The van der Waals surface area contributed by atoms with Crippen molar-refractivity contribution in [2.45, 2.75) is 40.3 Å². The molecule has 2 heterocycles. The summed E-state index contributed by atoms with van der Waals surface area (Å²) in [6.45, 7) is 7.41. The fraction of sp³-hybridized carbons (Fsp3) is 0.538. The minimum absolute atomic E-state index is 0.0892. The lowest BCUT2D eigenvalue weighted by molar-refractivity contribution is 0.270. The second-order valence-electron chi connectivity index (χ2n) is 4.45. The van der Waals surface area contributed by atoms with E-state index in [1.165, 1.54) is 0 Å². The van der Waals surface area contributed by atoms with E-state index in [2.05, 4.69) is 27.7 Å². The summed E-state index contributed by atoms with van der Waals surface area (Å²) in [4.78, 5) is 4.53. The molecule has 104 valence electrons. The van der Waals surface area contributed by atoms with E-state index in [-0.39, 0.29) is 6.61 Å². The van der Waals surface area contributed by atoms with Crippen LogP contribution in [0.3, 0.4) is 0 Å². The van der Waals surface area contributed by atoms with Crippen LogP contribution in [0.5, 0.6) is 0 Å². The van der Waals surface area contributed by atoms with E-state index in [0.29, 0.717) is 13.1 Å². The largest absolute Gasteiger partial charge is 0.394 e. The highest BCUT2D eigenvalue weighted by atomic mass is 32.1. The Kier molecular flexibility index (Phi) is 4.55. The van der Waals surface area contributed by atoms with Crippen LogP contribution in [0.4, 0.5) is 5.82 Å². The molecular formula is C13H20N4OS. The highest BCUT2D eigenvalue weighted by molar-refractivity contribution is 7.09. The van der Waals surface area contributed by atoms with Crippen LogP contribution >= 0.6 is 11.3 Å². The number of aromatic nitrogens is 3. The molecule has 2 aromatic rings. The van der Waals surface area contributed by atoms with Crippen molar-refractivity contribution in [3.63, 3.8) is 0 Å². The standard InChI is InChI=1S/C13H20N4OS/c1-4-12-15-11(8-19-12)7-14-13-9(2)10(3)16-17(13)5-6-18/h8,14,18H,4-7H2,1-3H3. The van der Waals surface area contributed by atoms with E-state index in [0.717, 1.165) is 34.2 Å². The summed E-state index contributed by atoms with van der Waals surface area (Å²) in [6.07, 6.45) is 0.977. The summed E-state index contributed by atoms with van der Waals surface area (Å²) in [5.74, 6) is 0.970. The van der Waals surface area contributed by atoms with Gasteiger partial charge in [0.05, 0.1) is 36.1 Å². The van der Waals surface area contributed by atoms with E-state index in [1.807, 2.05) is 18.5 Å². The SMILES string of the molecule is CCc1nc(CNc2c(C)c(C)nn2CCO)cs1. The number of aliphatic hydroxyl groups excluding tert-OH is 1. The van der Waals surface area contributed by atoms with Crippen molar-refractivity contribution in [2.75, 3.05) is 11.9 Å². The lowest BCUT2D eigenvalue weighted by Gasteiger charge is -2.08. The molecule has 0 aliphatic heterocycles. The van der Waals surface area contributed by atoms with Crippen LogP contribution in [0, 0.1) is 13.8 Å². The minimum Gasteiger partial charge on any atom is -0.394 e. The lowest BCUT2D eigenvalue weighted by atomic mass is 10.3. The predicted molar refractivity (Wildman–Crippen MR) is 77.6 cm³/mol. The molecule has 5 nitrogen and oxygen atoms in total. The van der Waals surface area contributed by atoms with Crippen molar-refractivity contribution >= 4 is 17.2 Å². The van der Waals surface area contributed by atoms with Crippen molar-refractivity contribution in [1.82, 2.24) is 14.8 Å². The maximum absolute atomic E-state index is 9.07. The Hall–Kier alpha value is -1.40. The van der Waals surface area contributed by atoms with Gasteiger partial charge in [-0.05, 0) is 20.3 Å². The number of anilines is 1. The molecule has 0 aromatic carbocycles. The number of rotatable bonds is 6. The van der Waals surface area contributed by atoms with Gasteiger partial charge in [0.1, 0.15) is 5.82 Å². The molecule has 0 amide bonds. The lowest BCUT2D eigenvalue weighted by Crippen LogP contribution is -2.11. The third-order valence-corrected chi connectivity index (χ3v) is 4.12. The van der Waals surface area contributed by atoms with Crippen molar-refractivity contribution in [3.8, 4) is 0 Å². The number of thiazole rings is 1. The molecule has 2 rings (SSSR count). The quantitative estimate of drug-likeness (QED) is 0.851. The van der Waals surface area contributed by atoms with E-state index in [1.54, 1.807) is 11.3 Å². The average Bonchev–Trinajstić information content (AvgIpc) is 2.95. The molecule has 0 unspecified atom stereocenters. The zero-order valence-corrected chi connectivity index (χ0v) is 12.4. The molecule has 0 saturated heterocycles. The Morgan fingerprint density at radius 1 is 1.42 bits per heavy atom. The van der Waals surface area contributed by atoms with Crippen molar-refractivity contribution in [3.05, 3.63) is 27.3 Å². The molecule has 0 aliphatic rings. The Morgan fingerprint density at radius 3 is 2.84 bits per heavy atom. The van der Waals surface area contributed by atoms with Gasteiger partial charge in [-0.25, -0.2) is 9.67 Å². The van der Waals surface area contributed by atoms with Gasteiger partial charge < -0.3 is 10.4 Å². The first-order valence-corrected chi connectivity index (χ1v) is 7.35. The molecule has 6 heteroatoms. The number of hydrogen-bond donors (Lipinski definition) is 2. The molecule has 0 bridgehead atoms. The maximum Gasteiger partial charge on any atom is 0.127 e. The second kappa shape index (κ2) is 6.16. The number of nitrogens with zero attached hydrogens (tertiary/aromatic N) is 3. The van der Waals surface area contributed by atoms with Crippen molar-refractivity contribution in [2.24, 2.45) is 0 Å². The molecule has 2 aromatic heterocycles. The molecule has 0 saturated carbocycles. The molecule has 2 N–H and O–H groups in total. The first-order valence-electron chi connectivity index (χ1n) is 6.47. The predicted octanol–water partition coefficient (Wildman–Crippen LogP) is 2.12. The van der Waals surface area contributed by atoms with Crippen LogP contribution in [0.15, 0.2) is 5.38 Å². The van der Waals surface area contributed by atoms with Crippen molar-refractivity contribution in [1.29, 1.82) is 0 Å². The molecule has 0 aliphatic carbocycles. The van der Waals surface area contributed by atoms with Gasteiger partial charge in [-0.15, -0.1) is 11.3 Å². The summed E-state index contributed by atoms with van der Waals surface area (Å²) in [5, 5.41) is 20.1.